The van der Waals surface area contributed by atoms with Crippen LogP contribution in [0.2, 0.25) is 0 Å². The molecule has 7 heteroatoms. The molecule has 1 amide bonds. The summed E-state index contributed by atoms with van der Waals surface area (Å²) in [6.07, 6.45) is 1.26. The summed E-state index contributed by atoms with van der Waals surface area (Å²) in [7, 11) is -3.68. The van der Waals surface area contributed by atoms with E-state index in [4.69, 9.17) is 0 Å². The minimum atomic E-state index is -3.68. The number of nitrogens with one attached hydrogen (secondary N) is 1. The zero-order chi connectivity index (χ0) is 18.6. The molecule has 2 atom stereocenters. The van der Waals surface area contributed by atoms with Crippen LogP contribution in [0, 0.1) is 11.8 Å². The summed E-state index contributed by atoms with van der Waals surface area (Å²) in [5.41, 5.74) is 0.461. The SMILES string of the molecule is CC(=O)c1ccc(S(=O)(=O)NCCC(=O)N2CC(C)CC(C)C2)cc1. The molecule has 0 saturated carbocycles. The minimum absolute atomic E-state index is 0.0203. The van der Waals surface area contributed by atoms with Crippen molar-refractivity contribution >= 4 is 21.7 Å². The van der Waals surface area contributed by atoms with E-state index in [1.165, 1.54) is 31.2 Å². The van der Waals surface area contributed by atoms with Crippen LogP contribution in [0.4, 0.5) is 0 Å². The lowest BCUT2D eigenvalue weighted by molar-refractivity contribution is -0.133. The lowest BCUT2D eigenvalue weighted by Gasteiger charge is -2.35. The number of rotatable bonds is 6. The van der Waals surface area contributed by atoms with Gasteiger partial charge in [-0.15, -0.1) is 0 Å². The van der Waals surface area contributed by atoms with E-state index in [0.29, 0.717) is 17.4 Å². The number of benzene rings is 1. The highest BCUT2D eigenvalue weighted by atomic mass is 32.2. The zero-order valence-corrected chi connectivity index (χ0v) is 15.8. The Morgan fingerprint density at radius 2 is 1.68 bits per heavy atom. The topological polar surface area (TPSA) is 83.5 Å². The van der Waals surface area contributed by atoms with Crippen LogP contribution in [0.25, 0.3) is 0 Å². The summed E-state index contributed by atoms with van der Waals surface area (Å²) in [6, 6.07) is 5.76. The van der Waals surface area contributed by atoms with Gasteiger partial charge in [0.1, 0.15) is 0 Å². The number of nitrogens with zero attached hydrogens (tertiary/aromatic N) is 1. The zero-order valence-electron chi connectivity index (χ0n) is 15.0. The monoisotopic (exact) mass is 366 g/mol. The third kappa shape index (κ3) is 5.37. The van der Waals surface area contributed by atoms with Crippen molar-refractivity contribution in [2.24, 2.45) is 11.8 Å². The number of likely N-dealkylation sites (tertiary alicyclic amines) is 1. The van der Waals surface area contributed by atoms with Crippen molar-refractivity contribution in [3.63, 3.8) is 0 Å². The highest BCUT2D eigenvalue weighted by molar-refractivity contribution is 7.89. The van der Waals surface area contributed by atoms with Crippen LogP contribution < -0.4 is 4.72 Å². The highest BCUT2D eigenvalue weighted by Crippen LogP contribution is 2.21. The van der Waals surface area contributed by atoms with Crippen LogP contribution in [0.3, 0.4) is 0 Å². The molecule has 1 aliphatic rings. The smallest absolute Gasteiger partial charge is 0.240 e. The standard InChI is InChI=1S/C18H26N2O4S/c1-13-10-14(2)12-20(11-13)18(22)8-9-19-25(23,24)17-6-4-16(5-7-17)15(3)21/h4-7,13-14,19H,8-12H2,1-3H3. The molecule has 0 aliphatic carbocycles. The van der Waals surface area contributed by atoms with Gasteiger partial charge in [0.2, 0.25) is 15.9 Å². The van der Waals surface area contributed by atoms with Gasteiger partial charge in [-0.1, -0.05) is 26.0 Å². The lowest BCUT2D eigenvalue weighted by Crippen LogP contribution is -2.43. The van der Waals surface area contributed by atoms with Gasteiger partial charge in [0.15, 0.2) is 5.78 Å². The summed E-state index contributed by atoms with van der Waals surface area (Å²) >= 11 is 0. The molecule has 0 spiro atoms. The Bertz CT molecular complexity index is 718. The van der Waals surface area contributed by atoms with Gasteiger partial charge in [-0.3, -0.25) is 9.59 Å². The van der Waals surface area contributed by atoms with Crippen LogP contribution in [0.5, 0.6) is 0 Å². The van der Waals surface area contributed by atoms with Gasteiger partial charge in [0.25, 0.3) is 0 Å². The maximum Gasteiger partial charge on any atom is 0.240 e. The van der Waals surface area contributed by atoms with Crippen molar-refractivity contribution in [1.82, 2.24) is 9.62 Å². The van der Waals surface area contributed by atoms with Gasteiger partial charge in [0, 0.05) is 31.6 Å². The summed E-state index contributed by atoms with van der Waals surface area (Å²) < 4.78 is 27.0. The molecule has 0 bridgehead atoms. The largest absolute Gasteiger partial charge is 0.342 e. The maximum atomic E-state index is 12.3. The van der Waals surface area contributed by atoms with E-state index in [1.807, 2.05) is 4.90 Å². The first kappa shape index (κ1) is 19.6. The number of sulfonamides is 1. The van der Waals surface area contributed by atoms with Crippen molar-refractivity contribution < 1.29 is 18.0 Å². The third-order valence-corrected chi connectivity index (χ3v) is 5.90. The van der Waals surface area contributed by atoms with Crippen LogP contribution in [-0.4, -0.2) is 44.6 Å². The Kier molecular flexibility index (Phi) is 6.35. The molecule has 1 N–H and O–H groups in total. The van der Waals surface area contributed by atoms with Gasteiger partial charge in [-0.05, 0) is 37.3 Å². The fourth-order valence-electron chi connectivity index (χ4n) is 3.27. The summed E-state index contributed by atoms with van der Waals surface area (Å²) in [6.45, 7) is 7.22. The molecular formula is C18H26N2O4S. The van der Waals surface area contributed by atoms with E-state index in [9.17, 15) is 18.0 Å². The van der Waals surface area contributed by atoms with Crippen molar-refractivity contribution in [3.8, 4) is 0 Å². The van der Waals surface area contributed by atoms with Crippen molar-refractivity contribution in [2.45, 2.75) is 38.5 Å². The van der Waals surface area contributed by atoms with Crippen LogP contribution in [0.15, 0.2) is 29.2 Å². The first-order chi connectivity index (χ1) is 11.7. The molecule has 2 rings (SSSR count). The number of carbonyl (C=O) groups is 2. The predicted molar refractivity (Wildman–Crippen MR) is 95.8 cm³/mol. The predicted octanol–water partition coefficient (Wildman–Crippen LogP) is 2.06. The molecular weight excluding hydrogens is 340 g/mol. The number of carbonyl (C=O) groups excluding carboxylic acids is 2. The number of ketones is 1. The van der Waals surface area contributed by atoms with Gasteiger partial charge in [-0.2, -0.15) is 0 Å². The normalized spacial score (nSPS) is 21.2. The second kappa shape index (κ2) is 8.10. The Morgan fingerprint density at radius 3 is 2.20 bits per heavy atom. The van der Waals surface area contributed by atoms with E-state index in [0.717, 1.165) is 19.5 Å². The van der Waals surface area contributed by atoms with E-state index < -0.39 is 10.0 Å². The number of hydrogen-bond donors (Lipinski definition) is 1. The Morgan fingerprint density at radius 1 is 1.12 bits per heavy atom. The van der Waals surface area contributed by atoms with E-state index in [2.05, 4.69) is 18.6 Å². The molecule has 0 aromatic heterocycles. The summed E-state index contributed by atoms with van der Waals surface area (Å²) in [4.78, 5) is 25.4. The first-order valence-electron chi connectivity index (χ1n) is 8.57. The summed E-state index contributed by atoms with van der Waals surface area (Å²) in [5.74, 6) is 0.814. The van der Waals surface area contributed by atoms with E-state index in [1.54, 1.807) is 0 Å². The Hall–Kier alpha value is -1.73. The minimum Gasteiger partial charge on any atom is -0.342 e. The molecule has 2 unspecified atom stereocenters. The van der Waals surface area contributed by atoms with Gasteiger partial charge in [-0.25, -0.2) is 13.1 Å². The summed E-state index contributed by atoms with van der Waals surface area (Å²) in [5, 5.41) is 0. The number of piperidine rings is 1. The first-order valence-corrected chi connectivity index (χ1v) is 10.1. The second-order valence-corrected chi connectivity index (χ2v) is 8.74. The van der Waals surface area contributed by atoms with Crippen LogP contribution in [0.1, 0.15) is 44.0 Å². The average molecular weight is 366 g/mol. The van der Waals surface area contributed by atoms with Crippen molar-refractivity contribution in [3.05, 3.63) is 29.8 Å². The van der Waals surface area contributed by atoms with E-state index >= 15 is 0 Å². The molecule has 138 valence electrons. The fraction of sp³-hybridized carbons (Fsp3) is 0.556. The van der Waals surface area contributed by atoms with Gasteiger partial charge in [0.05, 0.1) is 4.90 Å². The molecule has 1 aliphatic heterocycles. The van der Waals surface area contributed by atoms with Crippen LogP contribution >= 0.6 is 0 Å². The quantitative estimate of drug-likeness (QED) is 0.781. The molecule has 6 nitrogen and oxygen atoms in total. The Labute approximate surface area is 149 Å². The van der Waals surface area contributed by atoms with Crippen molar-refractivity contribution in [1.29, 1.82) is 0 Å². The van der Waals surface area contributed by atoms with E-state index in [-0.39, 0.29) is 29.6 Å². The molecule has 1 fully saturated rings. The van der Waals surface area contributed by atoms with Crippen molar-refractivity contribution in [2.75, 3.05) is 19.6 Å². The lowest BCUT2D eigenvalue weighted by atomic mass is 9.92. The molecule has 1 aromatic rings. The van der Waals surface area contributed by atoms with Gasteiger partial charge < -0.3 is 4.90 Å². The Balaban J connectivity index is 1.89. The molecule has 25 heavy (non-hydrogen) atoms. The van der Waals surface area contributed by atoms with Crippen LogP contribution in [-0.2, 0) is 14.8 Å². The number of hydrogen-bond acceptors (Lipinski definition) is 4. The molecule has 1 heterocycles. The molecule has 0 radical (unpaired) electrons. The average Bonchev–Trinajstić information content (AvgIpc) is 2.53. The fourth-order valence-corrected chi connectivity index (χ4v) is 4.30. The molecule has 1 saturated heterocycles. The number of Topliss-reactive ketones (excluding diaryl/α,β-unsaturated/α-hetero) is 1. The number of amides is 1. The van der Waals surface area contributed by atoms with Gasteiger partial charge >= 0.3 is 0 Å². The molecule has 1 aromatic carbocycles. The second-order valence-electron chi connectivity index (χ2n) is 6.97. The highest BCUT2D eigenvalue weighted by Gasteiger charge is 2.25. The third-order valence-electron chi connectivity index (χ3n) is 4.42. The maximum absolute atomic E-state index is 12.3.